The van der Waals surface area contributed by atoms with Gasteiger partial charge in [0.2, 0.25) is 0 Å². The van der Waals surface area contributed by atoms with Gasteiger partial charge in [-0.05, 0) is 122 Å². The Morgan fingerprint density at radius 3 is 2.24 bits per heavy atom. The highest BCUT2D eigenvalue weighted by atomic mass is 16.4. The van der Waals surface area contributed by atoms with Crippen molar-refractivity contribution < 1.29 is 20.1 Å². The van der Waals surface area contributed by atoms with Crippen LogP contribution in [0.5, 0.6) is 0 Å². The van der Waals surface area contributed by atoms with E-state index in [4.69, 9.17) is 0 Å². The summed E-state index contributed by atoms with van der Waals surface area (Å²) in [6.07, 6.45) is 9.11. The first-order chi connectivity index (χ1) is 15.8. The largest absolute Gasteiger partial charge is 0.481 e. The van der Waals surface area contributed by atoms with E-state index in [9.17, 15) is 20.1 Å². The molecular formula is C30H48O4. The topological polar surface area (TPSA) is 77.8 Å². The Hall–Kier alpha value is -0.870. The number of aliphatic hydroxyl groups is 2. The first kappa shape index (κ1) is 24.8. The lowest BCUT2D eigenvalue weighted by molar-refractivity contribution is -0.255. The van der Waals surface area contributed by atoms with Crippen molar-refractivity contribution in [2.24, 2.45) is 56.7 Å². The van der Waals surface area contributed by atoms with Crippen molar-refractivity contribution in [1.29, 1.82) is 0 Å². The minimum Gasteiger partial charge on any atom is -0.481 e. The molecule has 0 aromatic carbocycles. The highest BCUT2D eigenvalue weighted by Gasteiger charge is 2.74. The number of aliphatic hydroxyl groups excluding tert-OH is 2. The van der Waals surface area contributed by atoms with Gasteiger partial charge in [0.1, 0.15) is 0 Å². The number of carboxylic acid groups (broad SMARTS) is 1. The third-order valence-electron chi connectivity index (χ3n) is 13.3. The molecule has 4 heteroatoms. The van der Waals surface area contributed by atoms with Crippen LogP contribution in [0, 0.1) is 56.7 Å². The van der Waals surface area contributed by atoms with E-state index in [0.717, 1.165) is 57.8 Å². The van der Waals surface area contributed by atoms with Gasteiger partial charge in [-0.25, -0.2) is 0 Å². The predicted octanol–water partition coefficient (Wildman–Crippen LogP) is 6.06. The summed E-state index contributed by atoms with van der Waals surface area (Å²) in [6, 6.07) is 0. The second kappa shape index (κ2) is 7.57. The lowest BCUT2D eigenvalue weighted by atomic mass is 9.32. The third kappa shape index (κ3) is 2.76. The molecule has 0 aliphatic heterocycles. The Balaban J connectivity index is 1.62. The minimum absolute atomic E-state index is 0.0676. The molecule has 5 saturated carbocycles. The van der Waals surface area contributed by atoms with Crippen LogP contribution in [0.4, 0.5) is 0 Å². The lowest BCUT2D eigenvalue weighted by Gasteiger charge is -2.72. The zero-order valence-electron chi connectivity index (χ0n) is 22.2. The molecule has 5 aliphatic rings. The average molecular weight is 473 g/mol. The molecule has 0 heterocycles. The molecule has 0 aromatic heterocycles. The van der Waals surface area contributed by atoms with E-state index in [1.165, 1.54) is 5.57 Å². The van der Waals surface area contributed by atoms with E-state index < -0.39 is 11.4 Å². The fraction of sp³-hybridized carbons (Fsp3) is 0.900. The summed E-state index contributed by atoms with van der Waals surface area (Å²) in [4.78, 5) is 13.5. The van der Waals surface area contributed by atoms with Crippen LogP contribution in [0.3, 0.4) is 0 Å². The normalized spacial score (nSPS) is 53.7. The van der Waals surface area contributed by atoms with E-state index in [1.807, 2.05) is 0 Å². The van der Waals surface area contributed by atoms with Crippen LogP contribution in [0.1, 0.15) is 98.8 Å². The van der Waals surface area contributed by atoms with E-state index in [0.29, 0.717) is 24.2 Å². The first-order valence-electron chi connectivity index (χ1n) is 14.0. The number of fused-ring (bicyclic) bond motifs is 7. The number of aliphatic carboxylic acids is 1. The van der Waals surface area contributed by atoms with Gasteiger partial charge in [0.15, 0.2) is 0 Å². The number of hydrogen-bond donors (Lipinski definition) is 3. The molecular weight excluding hydrogens is 424 g/mol. The van der Waals surface area contributed by atoms with E-state index >= 15 is 0 Å². The Morgan fingerprint density at radius 1 is 0.912 bits per heavy atom. The summed E-state index contributed by atoms with van der Waals surface area (Å²) in [5, 5.41) is 32.7. The molecule has 3 N–H and O–H groups in total. The molecule has 5 fully saturated rings. The molecule has 34 heavy (non-hydrogen) atoms. The summed E-state index contributed by atoms with van der Waals surface area (Å²) < 4.78 is 0. The maximum absolute atomic E-state index is 13.5. The number of allylic oxidation sites excluding steroid dienone is 1. The molecule has 0 saturated heterocycles. The third-order valence-corrected chi connectivity index (χ3v) is 13.3. The van der Waals surface area contributed by atoms with Gasteiger partial charge < -0.3 is 15.3 Å². The van der Waals surface area contributed by atoms with Crippen LogP contribution >= 0.6 is 0 Å². The molecule has 4 nitrogen and oxygen atoms in total. The van der Waals surface area contributed by atoms with Crippen molar-refractivity contribution in [1.82, 2.24) is 0 Å². The molecule has 0 aromatic rings. The quantitative estimate of drug-likeness (QED) is 0.436. The number of hydrogen-bond acceptors (Lipinski definition) is 3. The van der Waals surface area contributed by atoms with Gasteiger partial charge in [-0.15, -0.1) is 0 Å². The van der Waals surface area contributed by atoms with E-state index in [2.05, 4.69) is 41.2 Å². The Labute approximate surface area is 206 Å². The summed E-state index contributed by atoms with van der Waals surface area (Å²) in [5.41, 5.74) is -0.00307. The lowest BCUT2D eigenvalue weighted by Crippen LogP contribution is -2.69. The summed E-state index contributed by atoms with van der Waals surface area (Å²) in [6.45, 7) is 15.9. The number of rotatable bonds is 3. The van der Waals surface area contributed by atoms with Gasteiger partial charge >= 0.3 is 5.97 Å². The van der Waals surface area contributed by atoms with Gasteiger partial charge in [0.25, 0.3) is 0 Å². The van der Waals surface area contributed by atoms with Crippen LogP contribution in [0.15, 0.2) is 12.2 Å². The van der Waals surface area contributed by atoms with Crippen LogP contribution in [-0.4, -0.2) is 34.0 Å². The van der Waals surface area contributed by atoms with Gasteiger partial charge in [-0.1, -0.05) is 39.8 Å². The minimum atomic E-state index is -0.731. The maximum Gasteiger partial charge on any atom is 0.310 e. The molecule has 192 valence electrons. The zero-order valence-corrected chi connectivity index (χ0v) is 22.2. The highest BCUT2D eigenvalue weighted by molar-refractivity contribution is 5.77. The summed E-state index contributed by atoms with van der Waals surface area (Å²) >= 11 is 0. The van der Waals surface area contributed by atoms with E-state index in [1.54, 1.807) is 0 Å². The molecule has 0 spiro atoms. The predicted molar refractivity (Wildman–Crippen MR) is 134 cm³/mol. The van der Waals surface area contributed by atoms with Crippen molar-refractivity contribution in [2.45, 2.75) is 105 Å². The van der Waals surface area contributed by atoms with Crippen molar-refractivity contribution in [2.75, 3.05) is 6.61 Å². The van der Waals surface area contributed by atoms with Gasteiger partial charge in [-0.2, -0.15) is 0 Å². The van der Waals surface area contributed by atoms with Crippen molar-refractivity contribution in [3.05, 3.63) is 12.2 Å². The monoisotopic (exact) mass is 472 g/mol. The molecule has 5 aliphatic carbocycles. The van der Waals surface area contributed by atoms with Crippen LogP contribution in [0.2, 0.25) is 0 Å². The fourth-order valence-electron chi connectivity index (χ4n) is 11.7. The molecule has 5 rings (SSSR count). The van der Waals surface area contributed by atoms with Crippen molar-refractivity contribution in [3.8, 4) is 0 Å². The number of carbonyl (C=O) groups is 1. The molecule has 0 radical (unpaired) electrons. The van der Waals surface area contributed by atoms with Gasteiger partial charge in [-0.3, -0.25) is 4.79 Å². The standard InChI is InChI=1S/C30H48O4/c1-18(2)19-9-14-29(17-31)15-16-30(25(33)34)20(24(19)29)7-8-22-27(5)12-11-23(32)26(3,4)21(27)10-13-28(22,30)6/h19-24,31-32H,1,7-17H2,2-6H3,(H,33,34)/t19-,20+,21-,22+,23-,24+,27-,28+,29+,30+/m0/s1. The van der Waals surface area contributed by atoms with Crippen LogP contribution in [0.25, 0.3) is 0 Å². The molecule has 0 amide bonds. The average Bonchev–Trinajstić information content (AvgIpc) is 3.17. The SMILES string of the molecule is C=C(C)[C@@H]1CC[C@]2(CO)CC[C@]3(C(=O)O)[C@H](CC[C@@H]4[C@@]5(C)CC[C@H](O)C(C)(C)[C@@H]5CC[C@]43C)[C@@H]12. The molecule has 10 atom stereocenters. The first-order valence-corrected chi connectivity index (χ1v) is 14.0. The number of carboxylic acids is 1. The van der Waals surface area contributed by atoms with E-state index in [-0.39, 0.29) is 46.2 Å². The molecule has 0 bridgehead atoms. The Morgan fingerprint density at radius 2 is 1.62 bits per heavy atom. The van der Waals surface area contributed by atoms with Crippen LogP contribution in [-0.2, 0) is 4.79 Å². The van der Waals surface area contributed by atoms with Crippen molar-refractivity contribution in [3.63, 3.8) is 0 Å². The second-order valence-electron chi connectivity index (χ2n) is 14.4. The Bertz CT molecular complexity index is 879. The van der Waals surface area contributed by atoms with Crippen molar-refractivity contribution >= 4 is 5.97 Å². The van der Waals surface area contributed by atoms with Gasteiger partial charge in [0, 0.05) is 6.61 Å². The summed E-state index contributed by atoms with van der Waals surface area (Å²) in [7, 11) is 0. The highest BCUT2D eigenvalue weighted by Crippen LogP contribution is 2.77. The maximum atomic E-state index is 13.5. The van der Waals surface area contributed by atoms with Crippen LogP contribution < -0.4 is 0 Å². The fourth-order valence-corrected chi connectivity index (χ4v) is 11.7. The summed E-state index contributed by atoms with van der Waals surface area (Å²) in [5.74, 6) is 0.877. The smallest absolute Gasteiger partial charge is 0.310 e. The Kier molecular flexibility index (Phi) is 5.52. The van der Waals surface area contributed by atoms with Gasteiger partial charge in [0.05, 0.1) is 11.5 Å². The second-order valence-corrected chi connectivity index (χ2v) is 14.4. The molecule has 0 unspecified atom stereocenters. The zero-order chi connectivity index (χ0) is 24.9.